The minimum absolute atomic E-state index is 0.347. The molecule has 1 aliphatic heterocycles. The normalized spacial score (nSPS) is 36.9. The molecule has 0 radical (unpaired) electrons. The largest absolute Gasteiger partial charge is 0.374 e. The van der Waals surface area contributed by atoms with Crippen molar-refractivity contribution < 1.29 is 4.74 Å². The summed E-state index contributed by atoms with van der Waals surface area (Å²) in [7, 11) is 0. The van der Waals surface area contributed by atoms with E-state index in [1.54, 1.807) is 0 Å². The summed E-state index contributed by atoms with van der Waals surface area (Å²) in [5.74, 6) is 2.18. The van der Waals surface area contributed by atoms with Crippen molar-refractivity contribution in [3.8, 4) is 0 Å². The average Bonchev–Trinajstić information content (AvgIpc) is 2.16. The zero-order chi connectivity index (χ0) is 10.1. The van der Waals surface area contributed by atoms with E-state index in [2.05, 4.69) is 39.0 Å². The summed E-state index contributed by atoms with van der Waals surface area (Å²) in [5.41, 5.74) is 1.39. The molecule has 0 aromatic rings. The number of rotatable bonds is 1. The van der Waals surface area contributed by atoms with E-state index < -0.39 is 0 Å². The lowest BCUT2D eigenvalue weighted by Crippen LogP contribution is -2.37. The predicted octanol–water partition coefficient (Wildman–Crippen LogP) is 3.18. The Hall–Kier alpha value is -0.560. The number of fused-ring (bicyclic) bond motifs is 1. The summed E-state index contributed by atoms with van der Waals surface area (Å²) in [6.45, 7) is 7.77. The van der Waals surface area contributed by atoms with Crippen LogP contribution in [0.25, 0.3) is 0 Å². The quantitative estimate of drug-likeness (QED) is 0.620. The van der Waals surface area contributed by atoms with Gasteiger partial charge in [0.2, 0.25) is 0 Å². The van der Waals surface area contributed by atoms with Crippen molar-refractivity contribution in [3.05, 3.63) is 23.8 Å². The molecule has 0 amide bonds. The molecule has 3 unspecified atom stereocenters. The van der Waals surface area contributed by atoms with Crippen LogP contribution < -0.4 is 0 Å². The van der Waals surface area contributed by atoms with Crippen LogP contribution in [0.15, 0.2) is 23.8 Å². The molecule has 0 bridgehead atoms. The van der Waals surface area contributed by atoms with Gasteiger partial charge in [0.25, 0.3) is 0 Å². The summed E-state index contributed by atoms with van der Waals surface area (Å²) >= 11 is 0. The molecule has 3 atom stereocenters. The van der Waals surface area contributed by atoms with Crippen LogP contribution in [0.2, 0.25) is 0 Å². The molecule has 0 spiro atoms. The van der Waals surface area contributed by atoms with E-state index in [-0.39, 0.29) is 0 Å². The van der Waals surface area contributed by atoms with Gasteiger partial charge in [0.15, 0.2) is 0 Å². The zero-order valence-electron chi connectivity index (χ0n) is 9.36. The maximum Gasteiger partial charge on any atom is 0.0824 e. The van der Waals surface area contributed by atoms with Gasteiger partial charge in [-0.05, 0) is 25.2 Å². The SMILES string of the molecule is CC1=CC2C(C=C1)OCCC2C(C)C. The van der Waals surface area contributed by atoms with Crippen LogP contribution in [0.4, 0.5) is 0 Å². The van der Waals surface area contributed by atoms with Gasteiger partial charge in [0.05, 0.1) is 6.10 Å². The minimum atomic E-state index is 0.347. The Bertz CT molecular complexity index is 262. The molecule has 0 N–H and O–H groups in total. The molecular formula is C13H20O. The second kappa shape index (κ2) is 3.90. The van der Waals surface area contributed by atoms with Crippen LogP contribution in [0, 0.1) is 17.8 Å². The molecule has 1 nitrogen and oxygen atoms in total. The van der Waals surface area contributed by atoms with Crippen LogP contribution in [0.5, 0.6) is 0 Å². The molecule has 0 saturated carbocycles. The summed E-state index contributed by atoms with van der Waals surface area (Å²) in [4.78, 5) is 0. The maximum absolute atomic E-state index is 5.78. The van der Waals surface area contributed by atoms with Gasteiger partial charge < -0.3 is 4.74 Å². The van der Waals surface area contributed by atoms with Crippen LogP contribution in [0.3, 0.4) is 0 Å². The number of hydrogen-bond acceptors (Lipinski definition) is 1. The van der Waals surface area contributed by atoms with E-state index in [9.17, 15) is 0 Å². The first kappa shape index (κ1) is 9.97. The maximum atomic E-state index is 5.78. The van der Waals surface area contributed by atoms with Gasteiger partial charge in [-0.25, -0.2) is 0 Å². The van der Waals surface area contributed by atoms with E-state index in [0.29, 0.717) is 12.0 Å². The standard InChI is InChI=1S/C13H20O/c1-9(2)11-6-7-14-13-5-4-10(3)8-12(11)13/h4-5,8-9,11-13H,6-7H2,1-3H3. The van der Waals surface area contributed by atoms with Gasteiger partial charge in [0.1, 0.15) is 0 Å². The Morgan fingerprint density at radius 3 is 2.93 bits per heavy atom. The monoisotopic (exact) mass is 192 g/mol. The van der Waals surface area contributed by atoms with Crippen molar-refractivity contribution in [2.75, 3.05) is 6.61 Å². The third kappa shape index (κ3) is 1.78. The lowest BCUT2D eigenvalue weighted by atomic mass is 9.74. The third-order valence-corrected chi connectivity index (χ3v) is 3.50. The summed E-state index contributed by atoms with van der Waals surface area (Å²) in [6, 6.07) is 0. The molecule has 1 saturated heterocycles. The molecule has 1 aliphatic carbocycles. The van der Waals surface area contributed by atoms with Crippen molar-refractivity contribution in [2.45, 2.75) is 33.3 Å². The Labute approximate surface area is 86.8 Å². The van der Waals surface area contributed by atoms with E-state index in [1.807, 2.05) is 0 Å². The highest BCUT2D eigenvalue weighted by atomic mass is 16.5. The third-order valence-electron chi connectivity index (χ3n) is 3.50. The zero-order valence-corrected chi connectivity index (χ0v) is 9.36. The van der Waals surface area contributed by atoms with Crippen molar-refractivity contribution in [1.29, 1.82) is 0 Å². The fourth-order valence-electron chi connectivity index (χ4n) is 2.67. The Balaban J connectivity index is 2.18. The molecule has 14 heavy (non-hydrogen) atoms. The number of hydrogen-bond donors (Lipinski definition) is 0. The fraction of sp³-hybridized carbons (Fsp3) is 0.692. The summed E-state index contributed by atoms with van der Waals surface area (Å²) in [6.07, 6.45) is 8.38. The van der Waals surface area contributed by atoms with Gasteiger partial charge in [-0.15, -0.1) is 0 Å². The van der Waals surface area contributed by atoms with Crippen molar-refractivity contribution in [1.82, 2.24) is 0 Å². The van der Waals surface area contributed by atoms with Gasteiger partial charge in [-0.2, -0.15) is 0 Å². The molecule has 78 valence electrons. The molecule has 0 aromatic heterocycles. The first-order chi connectivity index (χ1) is 6.68. The molecule has 0 aromatic carbocycles. The molecular weight excluding hydrogens is 172 g/mol. The van der Waals surface area contributed by atoms with Crippen LogP contribution in [0.1, 0.15) is 27.2 Å². The highest BCUT2D eigenvalue weighted by Gasteiger charge is 2.34. The van der Waals surface area contributed by atoms with E-state index in [1.165, 1.54) is 12.0 Å². The average molecular weight is 192 g/mol. The van der Waals surface area contributed by atoms with Crippen LogP contribution in [-0.2, 0) is 4.74 Å². The smallest absolute Gasteiger partial charge is 0.0824 e. The molecule has 2 aliphatic rings. The van der Waals surface area contributed by atoms with E-state index in [0.717, 1.165) is 18.4 Å². The highest BCUT2D eigenvalue weighted by Crippen LogP contribution is 2.36. The predicted molar refractivity (Wildman–Crippen MR) is 59.1 cm³/mol. The molecule has 1 heterocycles. The second-order valence-electron chi connectivity index (χ2n) is 4.88. The van der Waals surface area contributed by atoms with Gasteiger partial charge in [-0.3, -0.25) is 0 Å². The van der Waals surface area contributed by atoms with Crippen LogP contribution in [-0.4, -0.2) is 12.7 Å². The van der Waals surface area contributed by atoms with Gasteiger partial charge in [-0.1, -0.05) is 37.6 Å². The first-order valence-corrected chi connectivity index (χ1v) is 5.66. The summed E-state index contributed by atoms with van der Waals surface area (Å²) < 4.78 is 5.78. The van der Waals surface area contributed by atoms with Gasteiger partial charge >= 0.3 is 0 Å². The summed E-state index contributed by atoms with van der Waals surface area (Å²) in [5, 5.41) is 0. The van der Waals surface area contributed by atoms with Crippen molar-refractivity contribution in [3.63, 3.8) is 0 Å². The first-order valence-electron chi connectivity index (χ1n) is 5.66. The second-order valence-corrected chi connectivity index (χ2v) is 4.88. The van der Waals surface area contributed by atoms with Crippen molar-refractivity contribution >= 4 is 0 Å². The van der Waals surface area contributed by atoms with Gasteiger partial charge in [0, 0.05) is 12.5 Å². The Kier molecular flexibility index (Phi) is 2.78. The van der Waals surface area contributed by atoms with Crippen LogP contribution >= 0.6 is 0 Å². The lowest BCUT2D eigenvalue weighted by Gasteiger charge is -2.39. The molecule has 1 fully saturated rings. The highest BCUT2D eigenvalue weighted by molar-refractivity contribution is 5.25. The Morgan fingerprint density at radius 2 is 2.21 bits per heavy atom. The fourth-order valence-corrected chi connectivity index (χ4v) is 2.67. The number of ether oxygens (including phenoxy) is 1. The minimum Gasteiger partial charge on any atom is -0.374 e. The lowest BCUT2D eigenvalue weighted by molar-refractivity contribution is -0.0257. The Morgan fingerprint density at radius 1 is 1.43 bits per heavy atom. The topological polar surface area (TPSA) is 9.23 Å². The van der Waals surface area contributed by atoms with E-state index >= 15 is 0 Å². The molecule has 1 heteroatoms. The van der Waals surface area contributed by atoms with E-state index in [4.69, 9.17) is 4.74 Å². The number of allylic oxidation sites excluding steroid dienone is 2. The van der Waals surface area contributed by atoms with Crippen molar-refractivity contribution in [2.24, 2.45) is 17.8 Å². The molecule has 2 rings (SSSR count).